The van der Waals surface area contributed by atoms with E-state index in [2.05, 4.69) is 26.3 Å². The molecule has 8 N–H and O–H groups in total. The largest absolute Gasteiger partial charge is 0.481 e. The first-order valence-corrected chi connectivity index (χ1v) is 25.9. The molecule has 4 aromatic rings. The van der Waals surface area contributed by atoms with Crippen LogP contribution < -0.4 is 27.0 Å². The van der Waals surface area contributed by atoms with Gasteiger partial charge in [0.05, 0.1) is 6.42 Å². The fourth-order valence-corrected chi connectivity index (χ4v) is 10.6. The number of aromatic nitrogens is 1. The van der Waals surface area contributed by atoms with Crippen molar-refractivity contribution in [3.63, 3.8) is 0 Å². The van der Waals surface area contributed by atoms with Crippen LogP contribution >= 0.6 is 0 Å². The first kappa shape index (κ1) is 54.2. The smallest absolute Gasteiger partial charge is 0.305 e. The molecule has 3 aliphatic rings. The normalized spacial score (nSPS) is 23.1. The number of hydrogen-bond acceptors (Lipinski definition) is 9. The molecule has 7 atom stereocenters. The van der Waals surface area contributed by atoms with Gasteiger partial charge in [0, 0.05) is 56.5 Å². The van der Waals surface area contributed by atoms with E-state index in [0.29, 0.717) is 44.1 Å². The number of carboxylic acid groups (broad SMARTS) is 1. The number of amides is 8. The number of nitrogens with two attached hydrogens (primary N) is 1. The molecule has 0 spiro atoms. The summed E-state index contributed by atoms with van der Waals surface area (Å²) in [5, 5.41) is 22.7. The third kappa shape index (κ3) is 13.3. The summed E-state index contributed by atoms with van der Waals surface area (Å²) in [7, 11) is 0. The van der Waals surface area contributed by atoms with Gasteiger partial charge in [0.1, 0.15) is 42.3 Å². The molecular weight excluding hydrogens is 947 g/mol. The maximum absolute atomic E-state index is 15.2. The standard InChI is InChI=1S/C55H69N9O10/c1-3-4-18-41(59-34(2)65)54(73)64-44(49(56)68)20-10-12-27-57-50(69)42(31-38-33-58-40-19-9-8-17-39(38)40)60-51(70)45-21-11-13-28-62(45)53(72)43(30-35-23-25-37(26-24-35)36-15-6-5-7-16-36)61-52(71)46-22-14-29-63(46)55(74)47(64)32-48(66)67/h5-9,15-17,19,23-26,33,41-47,58H,3-4,10-14,18,20-22,27-32H2,1-2H3,(H2,56,68)(H,57,69)(H,59,65)(H,60,70)(H,61,71)(H,66,67)/t41-,42-,43+,44-,45?,46-,47-/m0/s1. The quantitative estimate of drug-likeness (QED) is 0.102. The van der Waals surface area contributed by atoms with Crippen molar-refractivity contribution >= 4 is 64.1 Å². The van der Waals surface area contributed by atoms with Gasteiger partial charge in [0.2, 0.25) is 47.3 Å². The molecular formula is C55H69N9O10. The number of carbonyl (C=O) groups is 9. The van der Waals surface area contributed by atoms with Gasteiger partial charge >= 0.3 is 5.97 Å². The zero-order valence-electron chi connectivity index (χ0n) is 42.2. The molecule has 1 aromatic heterocycles. The third-order valence-electron chi connectivity index (χ3n) is 14.4. The number of para-hydroxylation sites is 1. The molecule has 0 bridgehead atoms. The van der Waals surface area contributed by atoms with E-state index < -0.39 is 102 Å². The molecule has 19 nitrogen and oxygen atoms in total. The number of H-pyrrole nitrogens is 1. The molecule has 7 rings (SSSR count). The molecule has 3 aliphatic heterocycles. The second-order valence-electron chi connectivity index (χ2n) is 19.6. The number of rotatable bonds is 13. The molecule has 3 fully saturated rings. The number of primary amides is 1. The van der Waals surface area contributed by atoms with Crippen molar-refractivity contribution in [1.29, 1.82) is 0 Å². The Kier molecular flexibility index (Phi) is 18.6. The van der Waals surface area contributed by atoms with E-state index in [0.717, 1.165) is 32.5 Å². The van der Waals surface area contributed by atoms with Crippen LogP contribution in [0.4, 0.5) is 0 Å². The number of carboxylic acids is 1. The zero-order chi connectivity index (χ0) is 52.9. The summed E-state index contributed by atoms with van der Waals surface area (Å²) in [4.78, 5) is 135. The molecule has 1 unspecified atom stereocenters. The van der Waals surface area contributed by atoms with Crippen molar-refractivity contribution in [3.05, 3.63) is 96.2 Å². The van der Waals surface area contributed by atoms with Crippen molar-refractivity contribution in [2.24, 2.45) is 5.73 Å². The van der Waals surface area contributed by atoms with Crippen molar-refractivity contribution in [3.8, 4) is 11.1 Å². The van der Waals surface area contributed by atoms with E-state index in [4.69, 9.17) is 5.73 Å². The molecule has 0 aliphatic carbocycles. The Morgan fingerprint density at radius 1 is 0.730 bits per heavy atom. The van der Waals surface area contributed by atoms with E-state index in [1.165, 1.54) is 16.7 Å². The number of nitrogens with one attached hydrogen (secondary N) is 5. The maximum Gasteiger partial charge on any atom is 0.305 e. The number of aromatic amines is 1. The summed E-state index contributed by atoms with van der Waals surface area (Å²) in [6, 6.07) is 15.5. The van der Waals surface area contributed by atoms with Crippen molar-refractivity contribution < 1.29 is 48.3 Å². The molecule has 0 radical (unpaired) electrons. The molecule has 394 valence electrons. The minimum atomic E-state index is -1.85. The SMILES string of the molecule is CCCC[C@H](NC(C)=O)C(=O)N1[C@H](C(N)=O)CCCCNC(=O)[C@H](Cc2c[nH]c3ccccc23)NC(=O)C2CCCCN2C(=O)[C@@H](Cc2ccc(-c3ccccc3)cc2)NC(=O)[C@@H]2CCCN2C(=O)[C@@H]1CC(=O)O. The number of nitrogens with zero attached hydrogens (tertiary/aromatic N) is 3. The van der Waals surface area contributed by atoms with E-state index in [1.807, 2.05) is 85.8 Å². The summed E-state index contributed by atoms with van der Waals surface area (Å²) in [6.45, 7) is 3.30. The Labute approximate surface area is 430 Å². The van der Waals surface area contributed by atoms with Gasteiger partial charge in [-0.2, -0.15) is 0 Å². The van der Waals surface area contributed by atoms with E-state index in [9.17, 15) is 38.7 Å². The minimum Gasteiger partial charge on any atom is -0.481 e. The van der Waals surface area contributed by atoms with Gasteiger partial charge in [-0.05, 0) is 86.1 Å². The summed E-state index contributed by atoms with van der Waals surface area (Å²) in [6.07, 6.45) is 4.18. The van der Waals surface area contributed by atoms with Gasteiger partial charge in [-0.15, -0.1) is 0 Å². The number of carbonyl (C=O) groups excluding carboxylic acids is 8. The average Bonchev–Trinajstić information content (AvgIpc) is 4.06. The van der Waals surface area contributed by atoms with Crippen molar-refractivity contribution in [2.45, 2.75) is 146 Å². The Morgan fingerprint density at radius 2 is 1.36 bits per heavy atom. The Balaban J connectivity index is 1.29. The van der Waals surface area contributed by atoms with Crippen LogP contribution in [0.2, 0.25) is 0 Å². The van der Waals surface area contributed by atoms with E-state index in [-0.39, 0.29) is 64.6 Å². The number of hydrogen-bond donors (Lipinski definition) is 7. The summed E-state index contributed by atoms with van der Waals surface area (Å²) >= 11 is 0. The van der Waals surface area contributed by atoms with Crippen LogP contribution in [0, 0.1) is 0 Å². The Hall–Kier alpha value is -7.57. The lowest BCUT2D eigenvalue weighted by Gasteiger charge is -2.40. The average molecular weight is 1020 g/mol. The molecule has 0 saturated carbocycles. The lowest BCUT2D eigenvalue weighted by atomic mass is 9.96. The predicted octanol–water partition coefficient (Wildman–Crippen LogP) is 3.48. The predicted molar refractivity (Wildman–Crippen MR) is 275 cm³/mol. The highest BCUT2D eigenvalue weighted by Gasteiger charge is 2.47. The maximum atomic E-state index is 15.2. The highest BCUT2D eigenvalue weighted by molar-refractivity contribution is 6.00. The topological polar surface area (TPSA) is 274 Å². The molecule has 3 saturated heterocycles. The fourth-order valence-electron chi connectivity index (χ4n) is 10.6. The van der Waals surface area contributed by atoms with Crippen LogP contribution in [0.25, 0.3) is 22.0 Å². The second-order valence-corrected chi connectivity index (χ2v) is 19.6. The van der Waals surface area contributed by atoms with Crippen LogP contribution in [0.15, 0.2) is 85.1 Å². The minimum absolute atomic E-state index is 0.0107. The molecule has 4 heterocycles. The second kappa shape index (κ2) is 25.4. The highest BCUT2D eigenvalue weighted by atomic mass is 16.4. The van der Waals surface area contributed by atoms with E-state index in [1.54, 1.807) is 6.20 Å². The summed E-state index contributed by atoms with van der Waals surface area (Å²) in [5.41, 5.74) is 10.2. The van der Waals surface area contributed by atoms with Crippen LogP contribution in [0.5, 0.6) is 0 Å². The van der Waals surface area contributed by atoms with Crippen LogP contribution in [-0.4, -0.2) is 140 Å². The van der Waals surface area contributed by atoms with Crippen LogP contribution in [-0.2, 0) is 56.0 Å². The molecule has 3 aromatic carbocycles. The van der Waals surface area contributed by atoms with Crippen LogP contribution in [0.1, 0.15) is 102 Å². The van der Waals surface area contributed by atoms with Crippen LogP contribution in [0.3, 0.4) is 0 Å². The van der Waals surface area contributed by atoms with E-state index >= 15 is 9.59 Å². The molecule has 19 heteroatoms. The first-order chi connectivity index (χ1) is 35.6. The van der Waals surface area contributed by atoms with Gasteiger partial charge in [0.25, 0.3) is 0 Å². The monoisotopic (exact) mass is 1020 g/mol. The number of piperidine rings is 1. The lowest BCUT2D eigenvalue weighted by molar-refractivity contribution is -0.158. The zero-order valence-corrected chi connectivity index (χ0v) is 42.2. The molecule has 74 heavy (non-hydrogen) atoms. The van der Waals surface area contributed by atoms with Gasteiger partial charge in [0.15, 0.2) is 0 Å². The van der Waals surface area contributed by atoms with Gasteiger partial charge in [-0.3, -0.25) is 43.2 Å². The Morgan fingerprint density at radius 3 is 2.05 bits per heavy atom. The fraction of sp³-hybridized carbons (Fsp3) is 0.473. The Bertz CT molecular complexity index is 2680. The van der Waals surface area contributed by atoms with Crippen molar-refractivity contribution in [1.82, 2.24) is 41.0 Å². The number of benzene rings is 3. The highest BCUT2D eigenvalue weighted by Crippen LogP contribution is 2.28. The number of aliphatic carboxylic acids is 1. The first-order valence-electron chi connectivity index (χ1n) is 25.9. The number of fused-ring (bicyclic) bond motifs is 3. The van der Waals surface area contributed by atoms with Crippen molar-refractivity contribution in [2.75, 3.05) is 19.6 Å². The summed E-state index contributed by atoms with van der Waals surface area (Å²) in [5.74, 6) is -7.22. The van der Waals surface area contributed by atoms with Gasteiger partial charge in [-0.25, -0.2) is 0 Å². The number of unbranched alkanes of at least 4 members (excludes halogenated alkanes) is 1. The summed E-state index contributed by atoms with van der Waals surface area (Å²) < 4.78 is 0. The third-order valence-corrected chi connectivity index (χ3v) is 14.4. The molecule has 8 amide bonds. The van der Waals surface area contributed by atoms with Gasteiger partial charge in [-0.1, -0.05) is 92.6 Å². The lowest BCUT2D eigenvalue weighted by Crippen LogP contribution is -2.64. The van der Waals surface area contributed by atoms with Gasteiger partial charge < -0.3 is 51.8 Å².